The molecule has 31 heavy (non-hydrogen) atoms. The lowest BCUT2D eigenvalue weighted by molar-refractivity contribution is -0.137. The Morgan fingerprint density at radius 3 is 2.58 bits per heavy atom. The summed E-state index contributed by atoms with van der Waals surface area (Å²) in [5, 5.41) is 16.8. The average molecular weight is 431 g/mol. The minimum absolute atomic E-state index is 0.0244. The molecule has 0 bridgehead atoms. The van der Waals surface area contributed by atoms with Crippen LogP contribution in [0.2, 0.25) is 0 Å². The number of H-pyrrole nitrogens is 1. The lowest BCUT2D eigenvalue weighted by Crippen LogP contribution is -2.41. The first kappa shape index (κ1) is 22.0. The molecule has 2 heterocycles. The van der Waals surface area contributed by atoms with Gasteiger partial charge >= 0.3 is 6.18 Å². The second-order valence-corrected chi connectivity index (χ2v) is 7.52. The van der Waals surface area contributed by atoms with Crippen LogP contribution >= 0.6 is 0 Å². The zero-order valence-corrected chi connectivity index (χ0v) is 17.0. The molecule has 1 amide bonds. The molecular formula is C21H20F3N5O2. The van der Waals surface area contributed by atoms with Gasteiger partial charge < -0.3 is 16.2 Å². The molecule has 7 nitrogen and oxygen atoms in total. The number of aromatic nitrogens is 2. The molecule has 3 rings (SSSR count). The van der Waals surface area contributed by atoms with Crippen molar-refractivity contribution in [1.82, 2.24) is 10.2 Å². The van der Waals surface area contributed by atoms with Crippen LogP contribution in [0.25, 0.3) is 6.08 Å². The highest BCUT2D eigenvalue weighted by atomic mass is 19.4. The number of carbonyl (C=O) groups is 1. The summed E-state index contributed by atoms with van der Waals surface area (Å²) in [5.41, 5.74) is 9.98. The van der Waals surface area contributed by atoms with Crippen molar-refractivity contribution in [2.24, 2.45) is 17.4 Å². The minimum atomic E-state index is -4.68. The largest absolute Gasteiger partial charge is 0.420 e. The zero-order valence-electron chi connectivity index (χ0n) is 17.0. The van der Waals surface area contributed by atoms with E-state index in [4.69, 9.17) is 16.2 Å². The summed E-state index contributed by atoms with van der Waals surface area (Å²) in [6.07, 6.45) is -2.52. The normalized spacial score (nSPS) is 18.8. The van der Waals surface area contributed by atoms with E-state index in [9.17, 15) is 23.2 Å². The van der Waals surface area contributed by atoms with Crippen LogP contribution < -0.4 is 16.2 Å². The molecule has 1 aliphatic heterocycles. The van der Waals surface area contributed by atoms with Crippen molar-refractivity contribution >= 4 is 12.0 Å². The number of primary amides is 1. The van der Waals surface area contributed by atoms with E-state index in [1.165, 1.54) is 12.1 Å². The lowest BCUT2D eigenvalue weighted by atomic mass is 9.61. The van der Waals surface area contributed by atoms with Gasteiger partial charge in [0.15, 0.2) is 0 Å². The van der Waals surface area contributed by atoms with Gasteiger partial charge in [-0.3, -0.25) is 9.89 Å². The summed E-state index contributed by atoms with van der Waals surface area (Å²) < 4.78 is 46.7. The summed E-state index contributed by atoms with van der Waals surface area (Å²) in [5.74, 6) is -1.37. The van der Waals surface area contributed by atoms with E-state index in [2.05, 4.69) is 10.2 Å². The molecule has 10 heteroatoms. The van der Waals surface area contributed by atoms with E-state index in [-0.39, 0.29) is 28.5 Å². The molecule has 5 N–H and O–H groups in total. The molecule has 0 radical (unpaired) electrons. The Morgan fingerprint density at radius 2 is 2.03 bits per heavy atom. The van der Waals surface area contributed by atoms with Crippen LogP contribution in [0.4, 0.5) is 13.2 Å². The fourth-order valence-corrected chi connectivity index (χ4v) is 4.08. The van der Waals surface area contributed by atoms with Gasteiger partial charge in [0, 0.05) is 11.8 Å². The van der Waals surface area contributed by atoms with E-state index in [0.29, 0.717) is 11.3 Å². The van der Waals surface area contributed by atoms with Gasteiger partial charge in [-0.2, -0.15) is 18.4 Å². The Labute approximate surface area is 176 Å². The molecule has 1 aromatic carbocycles. The third-order valence-electron chi connectivity index (χ3n) is 5.31. The van der Waals surface area contributed by atoms with Crippen LogP contribution in [0.1, 0.15) is 41.8 Å². The Hall–Kier alpha value is -3.74. The van der Waals surface area contributed by atoms with E-state index in [1.807, 2.05) is 6.07 Å². The van der Waals surface area contributed by atoms with Gasteiger partial charge in [-0.05, 0) is 42.2 Å². The van der Waals surface area contributed by atoms with Gasteiger partial charge in [-0.25, -0.2) is 0 Å². The molecule has 162 valence electrons. The number of alkyl halides is 3. The van der Waals surface area contributed by atoms with Crippen LogP contribution in [0, 0.1) is 24.2 Å². The van der Waals surface area contributed by atoms with Gasteiger partial charge in [0.25, 0.3) is 0 Å². The highest BCUT2D eigenvalue weighted by Crippen LogP contribution is 2.53. The number of nitrogens with zero attached hydrogens (tertiary/aromatic N) is 2. The van der Waals surface area contributed by atoms with Crippen LogP contribution in [-0.4, -0.2) is 16.1 Å². The number of halogens is 3. The van der Waals surface area contributed by atoms with Crippen molar-refractivity contribution in [1.29, 1.82) is 5.26 Å². The Morgan fingerprint density at radius 1 is 1.35 bits per heavy atom. The second-order valence-electron chi connectivity index (χ2n) is 7.52. The van der Waals surface area contributed by atoms with Crippen molar-refractivity contribution < 1.29 is 22.7 Å². The fraction of sp³-hybridized carbons (Fsp3) is 0.286. The van der Waals surface area contributed by atoms with Crippen molar-refractivity contribution in [3.63, 3.8) is 0 Å². The topological polar surface area (TPSA) is 131 Å². The fourth-order valence-electron chi connectivity index (χ4n) is 4.08. The van der Waals surface area contributed by atoms with Crippen molar-refractivity contribution in [3.05, 3.63) is 63.7 Å². The molecule has 1 aliphatic rings. The Balaban J connectivity index is 2.47. The smallest absolute Gasteiger partial charge is 0.416 e. The van der Waals surface area contributed by atoms with Crippen LogP contribution in [0.5, 0.6) is 5.88 Å². The lowest BCUT2D eigenvalue weighted by Gasteiger charge is -2.41. The average Bonchev–Trinajstić information content (AvgIpc) is 3.04. The number of aryl methyl sites for hydroxylation is 1. The van der Waals surface area contributed by atoms with E-state index < -0.39 is 29.0 Å². The molecule has 0 saturated heterocycles. The third kappa shape index (κ3) is 3.52. The number of aromatic amines is 1. The van der Waals surface area contributed by atoms with E-state index in [1.54, 1.807) is 20.8 Å². The van der Waals surface area contributed by atoms with E-state index in [0.717, 1.165) is 18.2 Å². The number of amides is 1. The third-order valence-corrected chi connectivity index (χ3v) is 5.31. The number of fused-ring (bicyclic) bond motifs is 1. The molecule has 2 aromatic rings. The number of rotatable bonds is 4. The molecular weight excluding hydrogens is 411 g/mol. The van der Waals surface area contributed by atoms with Gasteiger partial charge in [0.05, 0.1) is 16.5 Å². The number of hydrogen-bond acceptors (Lipinski definition) is 5. The number of nitrogens with one attached hydrogen (secondary N) is 1. The number of ether oxygens (including phenoxy) is 1. The highest BCUT2D eigenvalue weighted by Gasteiger charge is 2.51. The number of benzene rings is 1. The monoisotopic (exact) mass is 431 g/mol. The predicted molar refractivity (Wildman–Crippen MR) is 106 cm³/mol. The molecule has 1 aromatic heterocycles. The van der Waals surface area contributed by atoms with Gasteiger partial charge in [-0.15, -0.1) is 5.10 Å². The molecule has 1 unspecified atom stereocenters. The number of hydrogen-bond donors (Lipinski definition) is 3. The second kappa shape index (κ2) is 7.50. The number of carbonyl (C=O) groups excluding carboxylic acids is 1. The Kier molecular flexibility index (Phi) is 5.31. The SMILES string of the molecule is Cc1[nH]nc2c1C(c1cc(/C=C/C(N)=O)cc(C(F)(F)F)c1)(C(C)C)C(C#N)=C(N)O2. The molecule has 0 saturated carbocycles. The summed E-state index contributed by atoms with van der Waals surface area (Å²) in [6, 6.07) is 5.38. The minimum Gasteiger partial charge on any atom is -0.420 e. The summed E-state index contributed by atoms with van der Waals surface area (Å²) in [6.45, 7) is 5.22. The first-order valence-electron chi connectivity index (χ1n) is 9.26. The predicted octanol–water partition coefficient (Wildman–Crippen LogP) is 3.26. The van der Waals surface area contributed by atoms with Crippen LogP contribution in [0.15, 0.2) is 35.7 Å². The van der Waals surface area contributed by atoms with Crippen LogP contribution in [0.3, 0.4) is 0 Å². The van der Waals surface area contributed by atoms with Crippen molar-refractivity contribution in [3.8, 4) is 11.9 Å². The maximum absolute atomic E-state index is 13.8. The van der Waals surface area contributed by atoms with Gasteiger partial charge in [-0.1, -0.05) is 19.9 Å². The van der Waals surface area contributed by atoms with Crippen molar-refractivity contribution in [2.45, 2.75) is 32.4 Å². The zero-order chi connectivity index (χ0) is 23.1. The van der Waals surface area contributed by atoms with Crippen molar-refractivity contribution in [2.75, 3.05) is 0 Å². The molecule has 0 spiro atoms. The number of nitrogens with two attached hydrogens (primary N) is 2. The van der Waals surface area contributed by atoms with Gasteiger partial charge in [0.1, 0.15) is 11.6 Å². The highest BCUT2D eigenvalue weighted by molar-refractivity contribution is 5.90. The molecule has 0 fully saturated rings. The maximum Gasteiger partial charge on any atom is 0.416 e. The number of allylic oxidation sites excluding steroid dienone is 1. The first-order valence-corrected chi connectivity index (χ1v) is 9.26. The molecule has 0 aliphatic carbocycles. The summed E-state index contributed by atoms with van der Waals surface area (Å²) >= 11 is 0. The van der Waals surface area contributed by atoms with E-state index >= 15 is 0 Å². The summed E-state index contributed by atoms with van der Waals surface area (Å²) in [7, 11) is 0. The Bertz CT molecular complexity index is 1150. The summed E-state index contributed by atoms with van der Waals surface area (Å²) in [4.78, 5) is 11.1. The maximum atomic E-state index is 13.8. The molecule has 1 atom stereocenters. The van der Waals surface area contributed by atoms with Crippen LogP contribution in [-0.2, 0) is 16.4 Å². The standard InChI is InChI=1S/C21H20F3N5O2/c1-10(2)20(15(9-25)18(27)31-19-17(20)11(3)28-29-19)13-6-12(4-5-16(26)30)7-14(8-13)21(22,23)24/h4-8,10H,27H2,1-3H3,(H2,26,30)(H,28,29)/b5-4+. The van der Waals surface area contributed by atoms with Gasteiger partial charge in [0.2, 0.25) is 17.7 Å². The first-order chi connectivity index (χ1) is 14.4. The number of nitriles is 1. The quantitative estimate of drug-likeness (QED) is 0.640.